The van der Waals surface area contributed by atoms with Crippen LogP contribution in [0.4, 0.5) is 0 Å². The van der Waals surface area contributed by atoms with E-state index in [0.29, 0.717) is 0 Å². The minimum Gasteiger partial charge on any atom is -0.264 e. The van der Waals surface area contributed by atoms with Crippen LogP contribution >= 0.6 is 12.8 Å². The smallest absolute Gasteiger partial charge is 0.0887 e. The largest absolute Gasteiger partial charge is 0.264 e. The van der Waals surface area contributed by atoms with Gasteiger partial charge in [-0.3, -0.25) is 3.89 Å². The summed E-state index contributed by atoms with van der Waals surface area (Å²) in [7, 11) is 0. The molecule has 11 heavy (non-hydrogen) atoms. The predicted octanol–water partition coefficient (Wildman–Crippen LogP) is 2.88. The zero-order chi connectivity index (χ0) is 8.74. The van der Waals surface area contributed by atoms with Crippen molar-refractivity contribution in [3.8, 4) is 0 Å². The molecule has 0 bridgehead atoms. The Morgan fingerprint density at radius 3 is 1.27 bits per heavy atom. The van der Waals surface area contributed by atoms with Crippen molar-refractivity contribution >= 4 is 12.8 Å². The summed E-state index contributed by atoms with van der Waals surface area (Å²) in [4.78, 5) is 0. The van der Waals surface area contributed by atoms with Gasteiger partial charge in [0.2, 0.25) is 0 Å². The molecule has 0 unspecified atom stereocenters. The molecule has 0 rings (SSSR count). The Bertz CT molecular complexity index is 76.5. The van der Waals surface area contributed by atoms with Crippen LogP contribution in [0, 0.1) is 0 Å². The Morgan fingerprint density at radius 1 is 0.818 bits per heavy atom. The lowest BCUT2D eigenvalue weighted by Gasteiger charge is -2.30. The van der Waals surface area contributed by atoms with Crippen molar-refractivity contribution in [1.29, 1.82) is 0 Å². The quantitative estimate of drug-likeness (QED) is 0.467. The van der Waals surface area contributed by atoms with Gasteiger partial charge in [0.1, 0.15) is 0 Å². The SMILES string of the molecule is CCC[N+](S)(CCC)CCC. The van der Waals surface area contributed by atoms with Gasteiger partial charge in [-0.25, -0.2) is 0 Å². The predicted molar refractivity (Wildman–Crippen MR) is 54.7 cm³/mol. The van der Waals surface area contributed by atoms with Gasteiger partial charge in [0.25, 0.3) is 0 Å². The molecule has 0 aliphatic carbocycles. The lowest BCUT2D eigenvalue weighted by molar-refractivity contribution is -0.792. The molecule has 0 aliphatic heterocycles. The van der Waals surface area contributed by atoms with Gasteiger partial charge in [0, 0.05) is 0 Å². The van der Waals surface area contributed by atoms with Gasteiger partial charge in [-0.05, 0) is 19.3 Å². The van der Waals surface area contributed by atoms with E-state index in [1.807, 2.05) is 0 Å². The number of nitrogens with zero attached hydrogens (tertiary/aromatic N) is 1. The summed E-state index contributed by atoms with van der Waals surface area (Å²) in [6.07, 6.45) is 3.72. The first-order valence-corrected chi connectivity index (χ1v) is 5.17. The minimum absolute atomic E-state index is 0.976. The minimum atomic E-state index is 0.976. The summed E-state index contributed by atoms with van der Waals surface area (Å²) in [5.74, 6) is 0. The highest BCUT2D eigenvalue weighted by Crippen LogP contribution is 2.14. The molecule has 0 saturated carbocycles. The normalized spacial score (nSPS) is 12.0. The van der Waals surface area contributed by atoms with Crippen molar-refractivity contribution in [3.63, 3.8) is 0 Å². The topological polar surface area (TPSA) is 0 Å². The fraction of sp³-hybridized carbons (Fsp3) is 1.00. The van der Waals surface area contributed by atoms with Crippen LogP contribution in [0.3, 0.4) is 0 Å². The fourth-order valence-corrected chi connectivity index (χ4v) is 2.18. The third kappa shape index (κ3) is 4.70. The number of thiol groups is 1. The average molecular weight is 176 g/mol. The molecule has 0 heterocycles. The molecule has 0 aromatic rings. The Morgan fingerprint density at radius 2 is 1.09 bits per heavy atom. The summed E-state index contributed by atoms with van der Waals surface area (Å²) >= 11 is 4.70. The Hall–Kier alpha value is 0.310. The zero-order valence-electron chi connectivity index (χ0n) is 8.14. The molecule has 0 fully saturated rings. The Balaban J connectivity index is 3.79. The molecule has 0 aromatic carbocycles. The van der Waals surface area contributed by atoms with E-state index in [1.165, 1.54) is 38.9 Å². The maximum absolute atomic E-state index is 4.70. The van der Waals surface area contributed by atoms with E-state index in [0.717, 1.165) is 3.89 Å². The first-order valence-electron chi connectivity index (χ1n) is 4.77. The highest BCUT2D eigenvalue weighted by molar-refractivity contribution is 7.74. The monoisotopic (exact) mass is 176 g/mol. The van der Waals surface area contributed by atoms with Crippen LogP contribution in [0.5, 0.6) is 0 Å². The average Bonchev–Trinajstić information content (AvgIpc) is 1.88. The molecule has 0 N–H and O–H groups in total. The Labute approximate surface area is 76.9 Å². The second kappa shape index (κ2) is 5.90. The molecule has 0 spiro atoms. The van der Waals surface area contributed by atoms with Crippen LogP contribution in [0.15, 0.2) is 0 Å². The molecular formula is C9H22NS+. The van der Waals surface area contributed by atoms with Gasteiger partial charge in [-0.2, -0.15) is 0 Å². The molecule has 0 saturated heterocycles. The number of quaternary nitrogens is 1. The second-order valence-corrected chi connectivity index (χ2v) is 4.11. The molecule has 0 aromatic heterocycles. The standard InChI is InChI=1S/C9H22NS/c1-4-7-10(11,8-5-2)9-6-3/h11H,4-9H2,1-3H3/q+1. The second-order valence-electron chi connectivity index (χ2n) is 3.27. The molecule has 0 radical (unpaired) electrons. The molecule has 68 valence electrons. The van der Waals surface area contributed by atoms with Crippen molar-refractivity contribution in [2.24, 2.45) is 0 Å². The summed E-state index contributed by atoms with van der Waals surface area (Å²) in [6.45, 7) is 10.3. The summed E-state index contributed by atoms with van der Waals surface area (Å²) in [5, 5.41) is 0. The van der Waals surface area contributed by atoms with Gasteiger partial charge in [0.05, 0.1) is 32.4 Å². The molecular weight excluding hydrogens is 154 g/mol. The lowest BCUT2D eigenvalue weighted by Crippen LogP contribution is -2.40. The number of hydrogen-bond acceptors (Lipinski definition) is 1. The van der Waals surface area contributed by atoms with E-state index in [4.69, 9.17) is 12.8 Å². The van der Waals surface area contributed by atoms with Crippen LogP contribution in [0.25, 0.3) is 0 Å². The maximum Gasteiger partial charge on any atom is 0.0887 e. The van der Waals surface area contributed by atoms with E-state index in [-0.39, 0.29) is 0 Å². The van der Waals surface area contributed by atoms with Crippen molar-refractivity contribution in [3.05, 3.63) is 0 Å². The van der Waals surface area contributed by atoms with E-state index in [2.05, 4.69) is 20.8 Å². The van der Waals surface area contributed by atoms with Gasteiger partial charge >= 0.3 is 0 Å². The lowest BCUT2D eigenvalue weighted by atomic mass is 10.3. The van der Waals surface area contributed by atoms with Crippen molar-refractivity contribution in [2.75, 3.05) is 19.6 Å². The first kappa shape index (κ1) is 11.3. The number of hydrogen-bond donors (Lipinski definition) is 1. The molecule has 0 atom stereocenters. The summed E-state index contributed by atoms with van der Waals surface area (Å²) in [5.41, 5.74) is 0. The van der Waals surface area contributed by atoms with Crippen LogP contribution in [0.1, 0.15) is 40.0 Å². The van der Waals surface area contributed by atoms with Gasteiger partial charge < -0.3 is 0 Å². The molecule has 0 amide bonds. The fourth-order valence-electron chi connectivity index (χ4n) is 1.58. The maximum atomic E-state index is 4.70. The van der Waals surface area contributed by atoms with E-state index < -0.39 is 0 Å². The third-order valence-electron chi connectivity index (χ3n) is 1.92. The zero-order valence-corrected chi connectivity index (χ0v) is 9.03. The summed E-state index contributed by atoms with van der Waals surface area (Å²) in [6, 6.07) is 0. The van der Waals surface area contributed by atoms with E-state index in [1.54, 1.807) is 0 Å². The highest BCUT2D eigenvalue weighted by Gasteiger charge is 2.19. The van der Waals surface area contributed by atoms with E-state index in [9.17, 15) is 0 Å². The third-order valence-corrected chi connectivity index (χ3v) is 2.52. The Kier molecular flexibility index (Phi) is 6.06. The highest BCUT2D eigenvalue weighted by atomic mass is 32.1. The van der Waals surface area contributed by atoms with Gasteiger partial charge in [-0.15, -0.1) is 0 Å². The van der Waals surface area contributed by atoms with Crippen LogP contribution in [0.2, 0.25) is 0 Å². The van der Waals surface area contributed by atoms with E-state index >= 15 is 0 Å². The van der Waals surface area contributed by atoms with Gasteiger partial charge in [-0.1, -0.05) is 20.8 Å². The molecule has 2 heteroatoms. The molecule has 0 aliphatic rings. The van der Waals surface area contributed by atoms with Crippen molar-refractivity contribution < 1.29 is 3.89 Å². The van der Waals surface area contributed by atoms with Crippen LogP contribution in [-0.2, 0) is 0 Å². The van der Waals surface area contributed by atoms with Crippen molar-refractivity contribution in [2.45, 2.75) is 40.0 Å². The van der Waals surface area contributed by atoms with Crippen LogP contribution < -0.4 is 0 Å². The number of rotatable bonds is 6. The van der Waals surface area contributed by atoms with Gasteiger partial charge in [0.15, 0.2) is 0 Å². The first-order chi connectivity index (χ1) is 5.18. The van der Waals surface area contributed by atoms with Crippen LogP contribution in [-0.4, -0.2) is 23.5 Å². The van der Waals surface area contributed by atoms with Crippen molar-refractivity contribution in [1.82, 2.24) is 0 Å². The molecule has 1 nitrogen and oxygen atoms in total. The summed E-state index contributed by atoms with van der Waals surface area (Å²) < 4.78 is 0.976.